The minimum Gasteiger partial charge on any atom is -0.461 e. The van der Waals surface area contributed by atoms with Crippen LogP contribution in [0.25, 0.3) is 11.6 Å². The molecule has 28 heavy (non-hydrogen) atoms. The van der Waals surface area contributed by atoms with Crippen LogP contribution in [0.3, 0.4) is 0 Å². The quantitative estimate of drug-likeness (QED) is 0.588. The summed E-state index contributed by atoms with van der Waals surface area (Å²) in [4.78, 5) is 14.7. The number of piperidine rings is 1. The van der Waals surface area contributed by atoms with Crippen LogP contribution in [-0.2, 0) is 11.3 Å². The van der Waals surface area contributed by atoms with E-state index in [1.54, 1.807) is 6.26 Å². The van der Waals surface area contributed by atoms with E-state index < -0.39 is 0 Å². The van der Waals surface area contributed by atoms with Gasteiger partial charge in [-0.05, 0) is 43.9 Å². The molecule has 0 spiro atoms. The lowest BCUT2D eigenvalue weighted by Crippen LogP contribution is -2.43. The predicted molar refractivity (Wildman–Crippen MR) is 109 cm³/mol. The summed E-state index contributed by atoms with van der Waals surface area (Å²) in [6.45, 7) is 3.62. The summed E-state index contributed by atoms with van der Waals surface area (Å²) in [5, 5.41) is 9.41. The smallest absolute Gasteiger partial charge is 0.233 e. The summed E-state index contributed by atoms with van der Waals surface area (Å²) in [6, 6.07) is 14.2. The van der Waals surface area contributed by atoms with Crippen molar-refractivity contribution in [2.75, 3.05) is 12.3 Å². The number of benzene rings is 1. The van der Waals surface area contributed by atoms with Crippen molar-refractivity contribution < 1.29 is 9.21 Å². The van der Waals surface area contributed by atoms with Crippen molar-refractivity contribution in [2.45, 2.75) is 43.9 Å². The molecule has 0 N–H and O–H groups in total. The molecule has 0 saturated carbocycles. The zero-order chi connectivity index (χ0) is 19.3. The lowest BCUT2D eigenvalue weighted by Gasteiger charge is -2.33. The van der Waals surface area contributed by atoms with Gasteiger partial charge in [0, 0.05) is 12.6 Å². The van der Waals surface area contributed by atoms with E-state index in [1.807, 2.05) is 39.8 Å². The predicted octanol–water partition coefficient (Wildman–Crippen LogP) is 4.08. The largest absolute Gasteiger partial charge is 0.461 e. The highest BCUT2D eigenvalue weighted by molar-refractivity contribution is 7.99. The van der Waals surface area contributed by atoms with E-state index >= 15 is 0 Å². The monoisotopic (exact) mass is 396 g/mol. The Hall–Kier alpha value is -2.54. The molecule has 4 rings (SSSR count). The minimum absolute atomic E-state index is 0.172. The van der Waals surface area contributed by atoms with Crippen molar-refractivity contribution in [1.82, 2.24) is 19.7 Å². The Morgan fingerprint density at radius 2 is 2.04 bits per heavy atom. The molecule has 3 aromatic rings. The third-order valence-electron chi connectivity index (χ3n) is 5.09. The average Bonchev–Trinajstić information content (AvgIpc) is 3.37. The number of furan rings is 1. The Bertz CT molecular complexity index is 908. The van der Waals surface area contributed by atoms with Crippen molar-refractivity contribution in [3.8, 4) is 11.6 Å². The maximum atomic E-state index is 12.7. The van der Waals surface area contributed by atoms with Gasteiger partial charge in [-0.2, -0.15) is 0 Å². The molecular weight excluding hydrogens is 372 g/mol. The highest BCUT2D eigenvalue weighted by Gasteiger charge is 2.24. The van der Waals surface area contributed by atoms with Gasteiger partial charge in [-0.25, -0.2) is 0 Å². The van der Waals surface area contributed by atoms with Crippen molar-refractivity contribution in [1.29, 1.82) is 0 Å². The molecule has 6 nitrogen and oxygen atoms in total. The molecule has 1 atom stereocenters. The summed E-state index contributed by atoms with van der Waals surface area (Å²) >= 11 is 1.44. The molecule has 0 radical (unpaired) electrons. The Morgan fingerprint density at radius 1 is 1.18 bits per heavy atom. The number of likely N-dealkylation sites (tertiary alicyclic amines) is 1. The molecular formula is C21H24N4O2S. The standard InChI is InChI=1S/C21H24N4O2S/c1-16-8-5-6-12-24(16)19(26)15-28-21-23-22-20(18-11-7-13-27-18)25(21)14-17-9-3-2-4-10-17/h2-4,7,9-11,13,16H,5-6,8,12,14-15H2,1H3/t16-/m0/s1. The number of rotatable bonds is 6. The van der Waals surface area contributed by atoms with Crippen molar-refractivity contribution in [2.24, 2.45) is 0 Å². The average molecular weight is 397 g/mol. The molecule has 2 aromatic heterocycles. The summed E-state index contributed by atoms with van der Waals surface area (Å²) in [5.41, 5.74) is 1.15. The van der Waals surface area contributed by atoms with E-state index in [2.05, 4.69) is 29.3 Å². The number of hydrogen-bond acceptors (Lipinski definition) is 5. The second kappa shape index (κ2) is 8.65. The van der Waals surface area contributed by atoms with E-state index in [0.717, 1.165) is 30.1 Å². The number of hydrogen-bond donors (Lipinski definition) is 0. The minimum atomic E-state index is 0.172. The van der Waals surface area contributed by atoms with Gasteiger partial charge in [0.15, 0.2) is 10.9 Å². The lowest BCUT2D eigenvalue weighted by atomic mass is 10.0. The highest BCUT2D eigenvalue weighted by atomic mass is 32.2. The molecule has 3 heterocycles. The Labute approximate surface area is 168 Å². The first kappa shape index (κ1) is 18.8. The van der Waals surface area contributed by atoms with Gasteiger partial charge in [0.2, 0.25) is 11.7 Å². The number of aromatic nitrogens is 3. The van der Waals surface area contributed by atoms with Crippen LogP contribution in [0.1, 0.15) is 31.7 Å². The fourth-order valence-electron chi connectivity index (χ4n) is 3.57. The van der Waals surface area contributed by atoms with Gasteiger partial charge in [-0.1, -0.05) is 42.1 Å². The van der Waals surface area contributed by atoms with E-state index in [4.69, 9.17) is 4.42 Å². The molecule has 1 aliphatic rings. The zero-order valence-corrected chi connectivity index (χ0v) is 16.8. The molecule has 1 aliphatic heterocycles. The van der Waals surface area contributed by atoms with Crippen LogP contribution < -0.4 is 0 Å². The zero-order valence-electron chi connectivity index (χ0n) is 16.0. The number of thioether (sulfide) groups is 1. The van der Waals surface area contributed by atoms with Gasteiger partial charge in [0.1, 0.15) is 0 Å². The third-order valence-corrected chi connectivity index (χ3v) is 6.04. The van der Waals surface area contributed by atoms with Crippen LogP contribution in [0.15, 0.2) is 58.3 Å². The number of nitrogens with zero attached hydrogens (tertiary/aromatic N) is 4. The first-order chi connectivity index (χ1) is 13.7. The van der Waals surface area contributed by atoms with Crippen LogP contribution in [0.5, 0.6) is 0 Å². The fourth-order valence-corrected chi connectivity index (χ4v) is 4.39. The highest BCUT2D eigenvalue weighted by Crippen LogP contribution is 2.26. The molecule has 1 saturated heterocycles. The molecule has 0 aliphatic carbocycles. The first-order valence-electron chi connectivity index (χ1n) is 9.65. The van der Waals surface area contributed by atoms with Gasteiger partial charge in [0.25, 0.3) is 0 Å². The first-order valence-corrected chi connectivity index (χ1v) is 10.6. The number of amides is 1. The van der Waals surface area contributed by atoms with Gasteiger partial charge in [0.05, 0.1) is 18.6 Å². The summed E-state index contributed by atoms with van der Waals surface area (Å²) < 4.78 is 7.56. The van der Waals surface area contributed by atoms with Gasteiger partial charge < -0.3 is 9.32 Å². The molecule has 0 unspecified atom stereocenters. The van der Waals surface area contributed by atoms with Crippen LogP contribution in [-0.4, -0.2) is 43.9 Å². The lowest BCUT2D eigenvalue weighted by molar-refractivity contribution is -0.131. The molecule has 0 bridgehead atoms. The molecule has 146 valence electrons. The van der Waals surface area contributed by atoms with Crippen LogP contribution in [0, 0.1) is 0 Å². The third kappa shape index (κ3) is 4.14. The van der Waals surface area contributed by atoms with Crippen molar-refractivity contribution in [3.63, 3.8) is 0 Å². The van der Waals surface area contributed by atoms with Gasteiger partial charge in [-0.15, -0.1) is 10.2 Å². The topological polar surface area (TPSA) is 64.2 Å². The number of carbonyl (C=O) groups is 1. The Morgan fingerprint density at radius 3 is 2.79 bits per heavy atom. The summed E-state index contributed by atoms with van der Waals surface area (Å²) in [6.07, 6.45) is 5.01. The number of carbonyl (C=O) groups excluding carboxylic acids is 1. The molecule has 1 fully saturated rings. The summed E-state index contributed by atoms with van der Waals surface area (Å²) in [5.74, 6) is 1.89. The normalized spacial score (nSPS) is 17.0. The van der Waals surface area contributed by atoms with E-state index in [9.17, 15) is 4.79 Å². The van der Waals surface area contributed by atoms with Crippen molar-refractivity contribution in [3.05, 3.63) is 54.3 Å². The van der Waals surface area contributed by atoms with E-state index in [0.29, 0.717) is 29.9 Å². The maximum absolute atomic E-state index is 12.7. The van der Waals surface area contributed by atoms with Crippen LogP contribution >= 0.6 is 11.8 Å². The molecule has 1 aromatic carbocycles. The second-order valence-corrected chi connectivity index (χ2v) is 8.02. The van der Waals surface area contributed by atoms with E-state index in [-0.39, 0.29) is 5.91 Å². The Balaban J connectivity index is 1.54. The van der Waals surface area contributed by atoms with Gasteiger partial charge >= 0.3 is 0 Å². The second-order valence-electron chi connectivity index (χ2n) is 7.08. The van der Waals surface area contributed by atoms with Gasteiger partial charge in [-0.3, -0.25) is 9.36 Å². The molecule has 1 amide bonds. The maximum Gasteiger partial charge on any atom is 0.233 e. The SMILES string of the molecule is C[C@H]1CCCCN1C(=O)CSc1nnc(-c2ccco2)n1Cc1ccccc1. The summed E-state index contributed by atoms with van der Waals surface area (Å²) in [7, 11) is 0. The van der Waals surface area contributed by atoms with Crippen molar-refractivity contribution >= 4 is 17.7 Å². The fraction of sp³-hybridized carbons (Fsp3) is 0.381. The van der Waals surface area contributed by atoms with Crippen LogP contribution in [0.4, 0.5) is 0 Å². The Kier molecular flexibility index (Phi) is 5.81. The van der Waals surface area contributed by atoms with E-state index in [1.165, 1.54) is 18.2 Å². The van der Waals surface area contributed by atoms with Crippen LogP contribution in [0.2, 0.25) is 0 Å². The molecule has 7 heteroatoms.